The van der Waals surface area contributed by atoms with Crippen molar-refractivity contribution in [2.24, 2.45) is 5.92 Å². The van der Waals surface area contributed by atoms with E-state index in [1.807, 2.05) is 0 Å². The quantitative estimate of drug-likeness (QED) is 0.595. The van der Waals surface area contributed by atoms with Crippen molar-refractivity contribution in [3.05, 3.63) is 0 Å². The van der Waals surface area contributed by atoms with Crippen molar-refractivity contribution >= 4 is 11.9 Å². The lowest BCUT2D eigenvalue weighted by Gasteiger charge is -2.16. The van der Waals surface area contributed by atoms with Crippen LogP contribution in [0, 0.1) is 5.92 Å². The highest BCUT2D eigenvalue weighted by Crippen LogP contribution is 2.13. The number of hydrogen-bond acceptors (Lipinski definition) is 4. The topological polar surface area (TPSA) is 52.6 Å². The Balaban J connectivity index is 0.000000160. The minimum atomic E-state index is -0.0382. The fraction of sp³-hybridized carbons (Fsp3) is 0.833. The molecule has 16 heavy (non-hydrogen) atoms. The summed E-state index contributed by atoms with van der Waals surface area (Å²) in [5, 5.41) is 0. The fourth-order valence-electron chi connectivity index (χ4n) is 1.63. The summed E-state index contributed by atoms with van der Waals surface area (Å²) in [6.07, 6.45) is 5.47. The van der Waals surface area contributed by atoms with Crippen molar-refractivity contribution in [2.45, 2.75) is 45.4 Å². The van der Waals surface area contributed by atoms with Crippen LogP contribution >= 0.6 is 0 Å². The predicted molar refractivity (Wildman–Crippen MR) is 58.8 cm³/mol. The number of cyclic esters (lactones) is 2. The lowest BCUT2D eigenvalue weighted by Crippen LogP contribution is -2.18. The molecule has 2 heterocycles. The molecule has 0 aromatic rings. The van der Waals surface area contributed by atoms with E-state index in [9.17, 15) is 9.59 Å². The van der Waals surface area contributed by atoms with Gasteiger partial charge < -0.3 is 9.47 Å². The molecule has 0 spiro atoms. The van der Waals surface area contributed by atoms with Gasteiger partial charge in [-0.1, -0.05) is 6.92 Å². The average Bonchev–Trinajstić information content (AvgIpc) is 2.46. The van der Waals surface area contributed by atoms with E-state index in [0.717, 1.165) is 25.7 Å². The van der Waals surface area contributed by atoms with Crippen LogP contribution in [0.1, 0.15) is 45.4 Å². The summed E-state index contributed by atoms with van der Waals surface area (Å²) in [7, 11) is 0. The van der Waals surface area contributed by atoms with Gasteiger partial charge in [0.25, 0.3) is 0 Å². The molecule has 0 N–H and O–H groups in total. The van der Waals surface area contributed by atoms with Gasteiger partial charge in [-0.05, 0) is 31.6 Å². The summed E-state index contributed by atoms with van der Waals surface area (Å²) in [5.74, 6) is 0.475. The molecule has 0 amide bonds. The van der Waals surface area contributed by atoms with Crippen LogP contribution in [0.25, 0.3) is 0 Å². The van der Waals surface area contributed by atoms with Gasteiger partial charge in [0.1, 0.15) is 0 Å². The Hall–Kier alpha value is -1.06. The summed E-state index contributed by atoms with van der Waals surface area (Å²) >= 11 is 0. The Morgan fingerprint density at radius 1 is 1.00 bits per heavy atom. The van der Waals surface area contributed by atoms with Crippen molar-refractivity contribution in [1.29, 1.82) is 0 Å². The predicted octanol–water partition coefficient (Wildman–Crippen LogP) is 2.06. The van der Waals surface area contributed by atoms with Crippen molar-refractivity contribution in [3.63, 3.8) is 0 Å². The third-order valence-electron chi connectivity index (χ3n) is 2.68. The summed E-state index contributed by atoms with van der Waals surface area (Å²) in [6.45, 7) is 3.33. The second kappa shape index (κ2) is 7.25. The number of carbonyl (C=O) groups is 2. The molecule has 92 valence electrons. The van der Waals surface area contributed by atoms with E-state index in [0.29, 0.717) is 32.0 Å². The monoisotopic (exact) mass is 228 g/mol. The molecule has 2 fully saturated rings. The largest absolute Gasteiger partial charge is 0.466 e. The molecule has 2 aliphatic rings. The van der Waals surface area contributed by atoms with Gasteiger partial charge in [-0.15, -0.1) is 0 Å². The highest BCUT2D eigenvalue weighted by Gasteiger charge is 2.15. The first-order valence-corrected chi connectivity index (χ1v) is 5.99. The van der Waals surface area contributed by atoms with Crippen LogP contribution in [0.2, 0.25) is 0 Å². The van der Waals surface area contributed by atoms with Crippen molar-refractivity contribution < 1.29 is 19.1 Å². The molecule has 0 aromatic heterocycles. The van der Waals surface area contributed by atoms with Crippen LogP contribution in [0.15, 0.2) is 0 Å². The third-order valence-corrected chi connectivity index (χ3v) is 2.68. The molecule has 1 atom stereocenters. The van der Waals surface area contributed by atoms with Gasteiger partial charge in [-0.3, -0.25) is 9.59 Å². The zero-order valence-electron chi connectivity index (χ0n) is 9.87. The second-order valence-electron chi connectivity index (χ2n) is 4.35. The number of ether oxygens (including phenoxy) is 2. The SMILES string of the molecule is CC1CCOC(=O)C1.O=C1CCCCCO1. The van der Waals surface area contributed by atoms with E-state index in [2.05, 4.69) is 6.92 Å². The molecule has 0 aromatic carbocycles. The van der Waals surface area contributed by atoms with Crippen molar-refractivity contribution in [2.75, 3.05) is 13.2 Å². The molecular formula is C12H20O4. The Morgan fingerprint density at radius 3 is 2.38 bits per heavy atom. The van der Waals surface area contributed by atoms with E-state index in [4.69, 9.17) is 9.47 Å². The molecule has 2 saturated heterocycles. The van der Waals surface area contributed by atoms with Crippen LogP contribution in [0.4, 0.5) is 0 Å². The molecule has 2 aliphatic heterocycles. The van der Waals surface area contributed by atoms with Gasteiger partial charge in [-0.25, -0.2) is 0 Å². The van der Waals surface area contributed by atoms with Crippen LogP contribution in [0.3, 0.4) is 0 Å². The van der Waals surface area contributed by atoms with Crippen LogP contribution in [-0.2, 0) is 19.1 Å². The summed E-state index contributed by atoms with van der Waals surface area (Å²) in [6, 6.07) is 0. The van der Waals surface area contributed by atoms with E-state index in [1.54, 1.807) is 0 Å². The minimum Gasteiger partial charge on any atom is -0.466 e. The highest BCUT2D eigenvalue weighted by molar-refractivity contribution is 5.70. The first-order chi connectivity index (χ1) is 7.68. The summed E-state index contributed by atoms with van der Waals surface area (Å²) < 4.78 is 9.47. The Bertz CT molecular complexity index is 225. The first kappa shape index (κ1) is 13.0. The Kier molecular flexibility index (Phi) is 5.90. The van der Waals surface area contributed by atoms with Crippen LogP contribution < -0.4 is 0 Å². The van der Waals surface area contributed by atoms with E-state index >= 15 is 0 Å². The maximum absolute atomic E-state index is 10.5. The smallest absolute Gasteiger partial charge is 0.306 e. The molecular weight excluding hydrogens is 208 g/mol. The standard InChI is InChI=1S/2C6H10O2/c1-5-2-3-8-6(7)4-5;7-6-4-2-1-3-5-8-6/h5H,2-4H2,1H3;1-5H2. The normalized spacial score (nSPS) is 25.7. The third kappa shape index (κ3) is 5.73. The van der Waals surface area contributed by atoms with Gasteiger partial charge in [0.05, 0.1) is 13.2 Å². The molecule has 4 nitrogen and oxygen atoms in total. The number of esters is 2. The summed E-state index contributed by atoms with van der Waals surface area (Å²) in [5.41, 5.74) is 0. The minimum absolute atomic E-state index is 0.0255. The lowest BCUT2D eigenvalue weighted by molar-refractivity contribution is -0.148. The molecule has 0 radical (unpaired) electrons. The number of hydrogen-bond donors (Lipinski definition) is 0. The van der Waals surface area contributed by atoms with Crippen molar-refractivity contribution in [3.8, 4) is 0 Å². The zero-order valence-corrected chi connectivity index (χ0v) is 9.87. The van der Waals surface area contributed by atoms with Gasteiger partial charge >= 0.3 is 11.9 Å². The van der Waals surface area contributed by atoms with Crippen LogP contribution in [0.5, 0.6) is 0 Å². The fourth-order valence-corrected chi connectivity index (χ4v) is 1.63. The highest BCUT2D eigenvalue weighted by atomic mass is 16.5. The maximum Gasteiger partial charge on any atom is 0.306 e. The lowest BCUT2D eigenvalue weighted by atomic mass is 10.0. The van der Waals surface area contributed by atoms with Crippen molar-refractivity contribution in [1.82, 2.24) is 0 Å². The van der Waals surface area contributed by atoms with Gasteiger partial charge in [0, 0.05) is 12.8 Å². The Morgan fingerprint density at radius 2 is 1.75 bits per heavy atom. The first-order valence-electron chi connectivity index (χ1n) is 5.99. The molecule has 4 heteroatoms. The van der Waals surface area contributed by atoms with Gasteiger partial charge in [0.15, 0.2) is 0 Å². The van der Waals surface area contributed by atoms with Crippen LogP contribution in [-0.4, -0.2) is 25.2 Å². The van der Waals surface area contributed by atoms with E-state index in [1.165, 1.54) is 0 Å². The van der Waals surface area contributed by atoms with Gasteiger partial charge in [-0.2, -0.15) is 0 Å². The summed E-state index contributed by atoms with van der Waals surface area (Å²) in [4.78, 5) is 20.9. The van der Waals surface area contributed by atoms with E-state index < -0.39 is 0 Å². The second-order valence-corrected chi connectivity index (χ2v) is 4.35. The molecule has 0 aliphatic carbocycles. The molecule has 0 saturated carbocycles. The Labute approximate surface area is 96.3 Å². The number of carbonyl (C=O) groups excluding carboxylic acids is 2. The van der Waals surface area contributed by atoms with E-state index in [-0.39, 0.29) is 11.9 Å². The maximum atomic E-state index is 10.5. The molecule has 0 bridgehead atoms. The zero-order chi connectivity index (χ0) is 11.8. The molecule has 2 rings (SSSR count). The average molecular weight is 228 g/mol. The molecule has 1 unspecified atom stereocenters. The number of rotatable bonds is 0. The van der Waals surface area contributed by atoms with Gasteiger partial charge in [0.2, 0.25) is 0 Å².